The smallest absolute Gasteiger partial charge is 0.0836 e. The summed E-state index contributed by atoms with van der Waals surface area (Å²) in [6.45, 7) is 4.94. The van der Waals surface area contributed by atoms with Crippen LogP contribution in [-0.4, -0.2) is 28.0 Å². The fourth-order valence-electron chi connectivity index (χ4n) is 3.23. The van der Waals surface area contributed by atoms with Crippen LogP contribution in [0.1, 0.15) is 50.9 Å². The van der Waals surface area contributed by atoms with Crippen molar-refractivity contribution < 1.29 is 4.74 Å². The number of nitrogens with zero attached hydrogens (tertiary/aromatic N) is 2. The minimum absolute atomic E-state index is 0.0649. The molecule has 0 saturated heterocycles. The second kappa shape index (κ2) is 6.06. The van der Waals surface area contributed by atoms with Gasteiger partial charge in [-0.25, -0.2) is 0 Å². The molecule has 4 nitrogen and oxygen atoms in total. The number of ether oxygens (including phenoxy) is 1. The van der Waals surface area contributed by atoms with Crippen molar-refractivity contribution in [1.29, 1.82) is 0 Å². The standard InChI is InChI=1S/C15H27N3O/c1-4-12-10-13(18(3)17-12)11-14(16)15(19-5-2)8-6-7-9-15/h10,14H,4-9,11,16H2,1-3H3. The van der Waals surface area contributed by atoms with Gasteiger partial charge in [-0.1, -0.05) is 19.8 Å². The number of aryl methyl sites for hydroxylation is 2. The van der Waals surface area contributed by atoms with Crippen LogP contribution < -0.4 is 5.73 Å². The highest BCUT2D eigenvalue weighted by Gasteiger charge is 2.40. The predicted octanol–water partition coefficient (Wildman–Crippen LogP) is 2.20. The molecule has 0 aliphatic heterocycles. The highest BCUT2D eigenvalue weighted by Crippen LogP contribution is 2.36. The van der Waals surface area contributed by atoms with E-state index in [-0.39, 0.29) is 11.6 Å². The first-order valence-corrected chi connectivity index (χ1v) is 7.52. The molecular formula is C15H27N3O. The molecule has 108 valence electrons. The van der Waals surface area contributed by atoms with Crippen molar-refractivity contribution in [3.63, 3.8) is 0 Å². The number of rotatable bonds is 6. The lowest BCUT2D eigenvalue weighted by Gasteiger charge is -2.35. The third-order valence-electron chi connectivity index (χ3n) is 4.38. The first-order valence-electron chi connectivity index (χ1n) is 7.52. The van der Waals surface area contributed by atoms with Gasteiger partial charge in [0.2, 0.25) is 0 Å². The van der Waals surface area contributed by atoms with Gasteiger partial charge in [0.25, 0.3) is 0 Å². The summed E-state index contributed by atoms with van der Waals surface area (Å²) < 4.78 is 8.01. The summed E-state index contributed by atoms with van der Waals surface area (Å²) >= 11 is 0. The molecule has 1 unspecified atom stereocenters. The van der Waals surface area contributed by atoms with Gasteiger partial charge in [0.05, 0.1) is 11.3 Å². The van der Waals surface area contributed by atoms with E-state index in [2.05, 4.69) is 25.0 Å². The van der Waals surface area contributed by atoms with Crippen LogP contribution in [0.3, 0.4) is 0 Å². The molecule has 0 radical (unpaired) electrons. The third-order valence-corrected chi connectivity index (χ3v) is 4.38. The summed E-state index contributed by atoms with van der Waals surface area (Å²) in [6.07, 6.45) is 6.49. The Bertz CT molecular complexity index is 408. The predicted molar refractivity (Wildman–Crippen MR) is 77.1 cm³/mol. The van der Waals surface area contributed by atoms with Crippen molar-refractivity contribution in [2.45, 2.75) is 64.0 Å². The average Bonchev–Trinajstić information content (AvgIpc) is 2.99. The topological polar surface area (TPSA) is 53.1 Å². The average molecular weight is 265 g/mol. The zero-order chi connectivity index (χ0) is 13.9. The molecule has 1 atom stereocenters. The van der Waals surface area contributed by atoms with Gasteiger partial charge in [-0.2, -0.15) is 5.10 Å². The van der Waals surface area contributed by atoms with E-state index in [1.807, 2.05) is 11.7 Å². The van der Waals surface area contributed by atoms with E-state index in [4.69, 9.17) is 10.5 Å². The van der Waals surface area contributed by atoms with Gasteiger partial charge in [0.15, 0.2) is 0 Å². The van der Waals surface area contributed by atoms with E-state index in [9.17, 15) is 0 Å². The summed E-state index contributed by atoms with van der Waals surface area (Å²) in [5.74, 6) is 0. The summed E-state index contributed by atoms with van der Waals surface area (Å²) in [6, 6.07) is 2.24. The number of aromatic nitrogens is 2. The van der Waals surface area contributed by atoms with E-state index in [0.717, 1.165) is 38.0 Å². The van der Waals surface area contributed by atoms with Crippen molar-refractivity contribution >= 4 is 0 Å². The maximum absolute atomic E-state index is 6.49. The van der Waals surface area contributed by atoms with Crippen molar-refractivity contribution in [2.24, 2.45) is 12.8 Å². The molecule has 1 aliphatic rings. The summed E-state index contributed by atoms with van der Waals surface area (Å²) in [4.78, 5) is 0. The third kappa shape index (κ3) is 3.00. The van der Waals surface area contributed by atoms with Gasteiger partial charge in [-0.15, -0.1) is 0 Å². The number of nitrogens with two attached hydrogens (primary N) is 1. The van der Waals surface area contributed by atoms with Gasteiger partial charge in [0, 0.05) is 31.8 Å². The van der Waals surface area contributed by atoms with Crippen LogP contribution in [0.4, 0.5) is 0 Å². The van der Waals surface area contributed by atoms with E-state index < -0.39 is 0 Å². The van der Waals surface area contributed by atoms with Gasteiger partial charge in [-0.3, -0.25) is 4.68 Å². The van der Waals surface area contributed by atoms with E-state index in [1.165, 1.54) is 18.5 Å². The van der Waals surface area contributed by atoms with E-state index in [0.29, 0.717) is 0 Å². The molecule has 1 aromatic heterocycles. The molecule has 1 heterocycles. The van der Waals surface area contributed by atoms with Crippen LogP contribution >= 0.6 is 0 Å². The Morgan fingerprint density at radius 2 is 2.11 bits per heavy atom. The van der Waals surface area contributed by atoms with E-state index >= 15 is 0 Å². The lowest BCUT2D eigenvalue weighted by Crippen LogP contribution is -2.49. The van der Waals surface area contributed by atoms with E-state index in [1.54, 1.807) is 0 Å². The molecule has 2 N–H and O–H groups in total. The van der Waals surface area contributed by atoms with Crippen LogP contribution in [0.5, 0.6) is 0 Å². The Balaban J connectivity index is 2.10. The van der Waals surface area contributed by atoms with Crippen LogP contribution in [0, 0.1) is 0 Å². The van der Waals surface area contributed by atoms with Crippen molar-refractivity contribution in [3.05, 3.63) is 17.5 Å². The molecule has 2 rings (SSSR count). The Morgan fingerprint density at radius 1 is 1.42 bits per heavy atom. The van der Waals surface area contributed by atoms with Gasteiger partial charge in [-0.05, 0) is 32.3 Å². The fourth-order valence-corrected chi connectivity index (χ4v) is 3.23. The maximum Gasteiger partial charge on any atom is 0.0836 e. The largest absolute Gasteiger partial charge is 0.374 e. The number of hydrogen-bond acceptors (Lipinski definition) is 3. The second-order valence-electron chi connectivity index (χ2n) is 5.62. The quantitative estimate of drug-likeness (QED) is 0.858. The molecule has 1 aromatic rings. The molecule has 1 saturated carbocycles. The summed E-state index contributed by atoms with van der Waals surface area (Å²) in [5, 5.41) is 4.50. The van der Waals surface area contributed by atoms with Crippen molar-refractivity contribution in [3.8, 4) is 0 Å². The van der Waals surface area contributed by atoms with Gasteiger partial charge < -0.3 is 10.5 Å². The van der Waals surface area contributed by atoms with Gasteiger partial charge >= 0.3 is 0 Å². The second-order valence-corrected chi connectivity index (χ2v) is 5.62. The molecule has 0 spiro atoms. The first-order chi connectivity index (χ1) is 9.11. The normalized spacial score (nSPS) is 19.8. The Hall–Kier alpha value is -0.870. The summed E-state index contributed by atoms with van der Waals surface area (Å²) in [5.41, 5.74) is 8.74. The van der Waals surface area contributed by atoms with Gasteiger partial charge in [0.1, 0.15) is 0 Å². The Labute approximate surface area is 116 Å². The lowest BCUT2D eigenvalue weighted by molar-refractivity contribution is -0.0528. The minimum Gasteiger partial charge on any atom is -0.374 e. The molecule has 0 aromatic carbocycles. The van der Waals surface area contributed by atoms with Crippen LogP contribution in [0.2, 0.25) is 0 Å². The first kappa shape index (κ1) is 14.5. The molecule has 1 fully saturated rings. The highest BCUT2D eigenvalue weighted by molar-refractivity contribution is 5.13. The van der Waals surface area contributed by atoms with Crippen molar-refractivity contribution in [1.82, 2.24) is 9.78 Å². The number of hydrogen-bond donors (Lipinski definition) is 1. The monoisotopic (exact) mass is 265 g/mol. The molecule has 1 aliphatic carbocycles. The zero-order valence-electron chi connectivity index (χ0n) is 12.5. The molecule has 4 heteroatoms. The molecule has 19 heavy (non-hydrogen) atoms. The van der Waals surface area contributed by atoms with Crippen LogP contribution in [0.25, 0.3) is 0 Å². The lowest BCUT2D eigenvalue weighted by atomic mass is 9.89. The van der Waals surface area contributed by atoms with Crippen molar-refractivity contribution in [2.75, 3.05) is 6.61 Å². The van der Waals surface area contributed by atoms with Crippen LogP contribution in [0.15, 0.2) is 6.07 Å². The summed E-state index contributed by atoms with van der Waals surface area (Å²) in [7, 11) is 2.00. The molecular weight excluding hydrogens is 238 g/mol. The molecule has 0 amide bonds. The Kier molecular flexibility index (Phi) is 4.63. The zero-order valence-corrected chi connectivity index (χ0v) is 12.5. The van der Waals surface area contributed by atoms with Crippen LogP contribution in [-0.2, 0) is 24.6 Å². The molecule has 0 bridgehead atoms. The minimum atomic E-state index is -0.106. The SMILES string of the molecule is CCOC1(C(N)Cc2cc(CC)nn2C)CCCC1. The maximum atomic E-state index is 6.49. The Morgan fingerprint density at radius 3 is 2.63 bits per heavy atom. The fraction of sp³-hybridized carbons (Fsp3) is 0.800. The highest BCUT2D eigenvalue weighted by atomic mass is 16.5.